The van der Waals surface area contributed by atoms with Gasteiger partial charge in [0.1, 0.15) is 0 Å². The lowest BCUT2D eigenvalue weighted by Gasteiger charge is -2.44. The van der Waals surface area contributed by atoms with E-state index in [-0.39, 0.29) is 11.5 Å². The fourth-order valence-corrected chi connectivity index (χ4v) is 4.85. The summed E-state index contributed by atoms with van der Waals surface area (Å²) in [5, 5.41) is 20.2. The first-order valence-electron chi connectivity index (χ1n) is 8.56. The number of allylic oxidation sites excluding steroid dienone is 3. The molecule has 2 heteroatoms. The normalized spacial score (nSPS) is 38.4. The zero-order valence-electron chi connectivity index (χ0n) is 13.7. The maximum absolute atomic E-state index is 10.4. The summed E-state index contributed by atoms with van der Waals surface area (Å²) in [6, 6.07) is 0. The molecule has 0 radical (unpaired) electrons. The van der Waals surface area contributed by atoms with Crippen LogP contribution >= 0.6 is 0 Å². The smallest absolute Gasteiger partial charge is 0.0771 e. The number of hydrogen-bond acceptors (Lipinski definition) is 2. The van der Waals surface area contributed by atoms with E-state index < -0.39 is 5.60 Å². The fraction of sp³-hybridized carbons (Fsp3) is 0.789. The number of aliphatic hydroxyl groups excluding tert-OH is 1. The van der Waals surface area contributed by atoms with Gasteiger partial charge in [0.15, 0.2) is 0 Å². The van der Waals surface area contributed by atoms with Gasteiger partial charge in [-0.25, -0.2) is 0 Å². The van der Waals surface area contributed by atoms with E-state index in [0.717, 1.165) is 25.7 Å². The van der Waals surface area contributed by atoms with Gasteiger partial charge >= 0.3 is 0 Å². The maximum Gasteiger partial charge on any atom is 0.0771 e. The van der Waals surface area contributed by atoms with Gasteiger partial charge in [0.05, 0.1) is 11.7 Å². The van der Waals surface area contributed by atoms with Gasteiger partial charge in [-0.3, -0.25) is 0 Å². The van der Waals surface area contributed by atoms with E-state index in [4.69, 9.17) is 0 Å². The molecule has 0 unspecified atom stereocenters. The first-order chi connectivity index (χ1) is 9.77. The van der Waals surface area contributed by atoms with Crippen molar-refractivity contribution < 1.29 is 10.2 Å². The second-order valence-corrected chi connectivity index (χ2v) is 8.38. The fourth-order valence-electron chi connectivity index (χ4n) is 4.85. The molecule has 3 aliphatic rings. The average Bonchev–Trinajstić information content (AvgIpc) is 3.03. The topological polar surface area (TPSA) is 40.5 Å². The third kappa shape index (κ3) is 2.73. The third-order valence-electron chi connectivity index (χ3n) is 6.13. The summed E-state index contributed by atoms with van der Waals surface area (Å²) >= 11 is 0. The van der Waals surface area contributed by atoms with Gasteiger partial charge in [0, 0.05) is 0 Å². The van der Waals surface area contributed by atoms with Crippen LogP contribution in [0.3, 0.4) is 0 Å². The summed E-state index contributed by atoms with van der Waals surface area (Å²) in [7, 11) is 0. The van der Waals surface area contributed by atoms with Gasteiger partial charge in [-0.15, -0.1) is 0 Å². The summed E-state index contributed by atoms with van der Waals surface area (Å²) in [4.78, 5) is 0. The molecule has 0 spiro atoms. The van der Waals surface area contributed by atoms with Crippen molar-refractivity contribution >= 4 is 0 Å². The van der Waals surface area contributed by atoms with Crippen LogP contribution in [0.4, 0.5) is 0 Å². The van der Waals surface area contributed by atoms with Crippen molar-refractivity contribution in [1.29, 1.82) is 0 Å². The molecular weight excluding hydrogens is 260 g/mol. The minimum absolute atomic E-state index is 0.111. The van der Waals surface area contributed by atoms with Crippen molar-refractivity contribution in [2.24, 2.45) is 16.7 Å². The summed E-state index contributed by atoms with van der Waals surface area (Å²) in [6.07, 6.45) is 14.4. The molecule has 0 heterocycles. The minimum atomic E-state index is -0.715. The van der Waals surface area contributed by atoms with Crippen LogP contribution in [-0.2, 0) is 0 Å². The Bertz CT molecular complexity index is 464. The van der Waals surface area contributed by atoms with Crippen LogP contribution in [0.2, 0.25) is 0 Å². The molecule has 2 saturated carbocycles. The van der Waals surface area contributed by atoms with Crippen LogP contribution in [0.15, 0.2) is 23.8 Å². The van der Waals surface area contributed by atoms with Gasteiger partial charge in [-0.1, -0.05) is 30.7 Å². The van der Waals surface area contributed by atoms with Crippen molar-refractivity contribution in [3.63, 3.8) is 0 Å². The molecule has 0 aliphatic heterocycles. The number of fused-ring (bicyclic) bond motifs is 1. The Morgan fingerprint density at radius 2 is 2.05 bits per heavy atom. The molecular formula is C19H30O2. The van der Waals surface area contributed by atoms with Crippen LogP contribution in [0.1, 0.15) is 65.7 Å². The molecule has 3 aliphatic carbocycles. The predicted molar refractivity (Wildman–Crippen MR) is 85.9 cm³/mol. The molecule has 3 rings (SSSR count). The van der Waals surface area contributed by atoms with Crippen LogP contribution < -0.4 is 0 Å². The highest BCUT2D eigenvalue weighted by molar-refractivity contribution is 5.35. The highest BCUT2D eigenvalue weighted by Crippen LogP contribution is 2.66. The van der Waals surface area contributed by atoms with E-state index in [0.29, 0.717) is 11.3 Å². The predicted octanol–water partition coefficient (Wildman–Crippen LogP) is 3.98. The molecule has 2 fully saturated rings. The van der Waals surface area contributed by atoms with Crippen molar-refractivity contribution in [1.82, 2.24) is 0 Å². The van der Waals surface area contributed by atoms with Gasteiger partial charge in [-0.2, -0.15) is 0 Å². The van der Waals surface area contributed by atoms with Crippen molar-refractivity contribution in [3.05, 3.63) is 23.8 Å². The standard InChI is InChI=1S/C19H30O2/c1-17(2,21)9-5-11-19(12-13-19)16-8-7-14-15(20)6-4-10-18(14,16)3/h5,8-9,14-15,20-21H,4,6-7,10-13H2,1-3H3/t14-,15-,18+/m0/s1. The van der Waals surface area contributed by atoms with E-state index >= 15 is 0 Å². The molecule has 0 amide bonds. The number of rotatable bonds is 4. The minimum Gasteiger partial charge on any atom is -0.393 e. The Labute approximate surface area is 128 Å². The van der Waals surface area contributed by atoms with Crippen LogP contribution in [-0.4, -0.2) is 21.9 Å². The Morgan fingerprint density at radius 3 is 2.67 bits per heavy atom. The van der Waals surface area contributed by atoms with E-state index in [1.807, 2.05) is 19.9 Å². The van der Waals surface area contributed by atoms with Crippen LogP contribution in [0.5, 0.6) is 0 Å². The highest BCUT2D eigenvalue weighted by Gasteiger charge is 2.56. The summed E-state index contributed by atoms with van der Waals surface area (Å²) in [5.41, 5.74) is 1.46. The lowest BCUT2D eigenvalue weighted by atomic mass is 9.62. The molecule has 2 N–H and O–H groups in total. The Hall–Kier alpha value is -0.600. The summed E-state index contributed by atoms with van der Waals surface area (Å²) in [5.74, 6) is 0.442. The lowest BCUT2D eigenvalue weighted by molar-refractivity contribution is 0.00683. The molecule has 21 heavy (non-hydrogen) atoms. The molecule has 0 saturated heterocycles. The Balaban J connectivity index is 1.76. The zero-order chi connectivity index (χ0) is 15.3. The van der Waals surface area contributed by atoms with Crippen molar-refractivity contribution in [2.75, 3.05) is 0 Å². The van der Waals surface area contributed by atoms with Crippen molar-refractivity contribution in [3.8, 4) is 0 Å². The molecule has 2 nitrogen and oxygen atoms in total. The van der Waals surface area contributed by atoms with Crippen LogP contribution in [0.25, 0.3) is 0 Å². The molecule has 0 aromatic rings. The second-order valence-electron chi connectivity index (χ2n) is 8.38. The Kier molecular flexibility index (Phi) is 3.61. The lowest BCUT2D eigenvalue weighted by Crippen LogP contribution is -2.40. The molecule has 0 bridgehead atoms. The Morgan fingerprint density at radius 1 is 1.33 bits per heavy atom. The van der Waals surface area contributed by atoms with E-state index in [1.54, 1.807) is 5.57 Å². The second kappa shape index (κ2) is 4.96. The van der Waals surface area contributed by atoms with Gasteiger partial charge in [0.25, 0.3) is 0 Å². The third-order valence-corrected chi connectivity index (χ3v) is 6.13. The molecule has 0 aromatic carbocycles. The van der Waals surface area contributed by atoms with E-state index in [1.165, 1.54) is 19.3 Å². The average molecular weight is 290 g/mol. The zero-order valence-corrected chi connectivity index (χ0v) is 13.7. The molecule has 118 valence electrons. The number of hydrogen-bond donors (Lipinski definition) is 2. The first kappa shape index (κ1) is 15.3. The number of aliphatic hydroxyl groups is 2. The summed E-state index contributed by atoms with van der Waals surface area (Å²) < 4.78 is 0. The maximum atomic E-state index is 10.4. The van der Waals surface area contributed by atoms with Crippen molar-refractivity contribution in [2.45, 2.75) is 77.4 Å². The molecule has 0 aromatic heterocycles. The van der Waals surface area contributed by atoms with Gasteiger partial charge in [0.2, 0.25) is 0 Å². The molecule has 3 atom stereocenters. The van der Waals surface area contributed by atoms with E-state index in [9.17, 15) is 10.2 Å². The van der Waals surface area contributed by atoms with Crippen LogP contribution in [0, 0.1) is 16.7 Å². The quantitative estimate of drug-likeness (QED) is 0.769. The largest absolute Gasteiger partial charge is 0.393 e. The SMILES string of the molecule is CC(C)(O)C=CCC1(C2=CC[C@H]3[C@@H](O)CCC[C@@]23C)CC1. The first-order valence-corrected chi connectivity index (χ1v) is 8.56. The highest BCUT2D eigenvalue weighted by atomic mass is 16.3. The van der Waals surface area contributed by atoms with E-state index in [2.05, 4.69) is 19.1 Å². The van der Waals surface area contributed by atoms with Gasteiger partial charge < -0.3 is 10.2 Å². The van der Waals surface area contributed by atoms with Gasteiger partial charge in [-0.05, 0) is 75.5 Å². The monoisotopic (exact) mass is 290 g/mol. The summed E-state index contributed by atoms with van der Waals surface area (Å²) in [6.45, 7) is 6.04.